The molecule has 74 valence electrons. The smallest absolute Gasteiger partial charge is 0.282 e. The van der Waals surface area contributed by atoms with Crippen LogP contribution in [0.15, 0.2) is 0 Å². The van der Waals surface area contributed by atoms with Gasteiger partial charge < -0.3 is 10.2 Å². The van der Waals surface area contributed by atoms with E-state index in [4.69, 9.17) is 0 Å². The second-order valence-electron chi connectivity index (χ2n) is 3.70. The normalized spacial score (nSPS) is 31.5. The molecule has 2 fully saturated rings. The van der Waals surface area contributed by atoms with Crippen LogP contribution < -0.4 is 5.32 Å². The summed E-state index contributed by atoms with van der Waals surface area (Å²) in [5, 5.41) is 3.00. The lowest BCUT2D eigenvalue weighted by molar-refractivity contribution is -0.167. The van der Waals surface area contributed by atoms with Crippen LogP contribution >= 0.6 is 0 Å². The second kappa shape index (κ2) is 2.90. The first-order valence-electron chi connectivity index (χ1n) is 4.48. The lowest BCUT2D eigenvalue weighted by Crippen LogP contribution is -2.61. The van der Waals surface area contributed by atoms with Crippen LogP contribution in [0.3, 0.4) is 0 Å². The van der Waals surface area contributed by atoms with Gasteiger partial charge in [-0.25, -0.2) is 8.78 Å². The van der Waals surface area contributed by atoms with Gasteiger partial charge in [-0.05, 0) is 19.4 Å². The fourth-order valence-corrected chi connectivity index (χ4v) is 1.78. The Morgan fingerprint density at radius 1 is 1.46 bits per heavy atom. The largest absolute Gasteiger partial charge is 0.329 e. The third-order valence-electron chi connectivity index (χ3n) is 2.51. The van der Waals surface area contributed by atoms with Gasteiger partial charge in [0.25, 0.3) is 5.92 Å². The van der Waals surface area contributed by atoms with Crippen molar-refractivity contribution < 1.29 is 13.6 Å². The van der Waals surface area contributed by atoms with Crippen molar-refractivity contribution in [2.24, 2.45) is 0 Å². The maximum absolute atomic E-state index is 12.4. The number of nitrogens with zero attached hydrogens (tertiary/aromatic N) is 1. The average Bonchev–Trinajstić information content (AvgIpc) is 2.50. The van der Waals surface area contributed by atoms with Crippen molar-refractivity contribution >= 4 is 5.91 Å². The molecule has 1 N–H and O–H groups in total. The Bertz CT molecular complexity index is 218. The summed E-state index contributed by atoms with van der Waals surface area (Å²) in [6, 6.07) is -0.212. The van der Waals surface area contributed by atoms with Crippen LogP contribution in [-0.4, -0.2) is 42.4 Å². The topological polar surface area (TPSA) is 32.3 Å². The predicted octanol–water partition coefficient (Wildman–Crippen LogP) is 0.216. The Balaban J connectivity index is 1.85. The summed E-state index contributed by atoms with van der Waals surface area (Å²) >= 11 is 0. The molecule has 2 aliphatic rings. The molecule has 2 aliphatic heterocycles. The van der Waals surface area contributed by atoms with Gasteiger partial charge in [0.15, 0.2) is 0 Å². The lowest BCUT2D eigenvalue weighted by Gasteiger charge is -2.39. The fourth-order valence-electron chi connectivity index (χ4n) is 1.78. The monoisotopic (exact) mass is 190 g/mol. The van der Waals surface area contributed by atoms with Crippen LogP contribution in [0.2, 0.25) is 0 Å². The maximum Gasteiger partial charge on any atom is 0.282 e. The van der Waals surface area contributed by atoms with Crippen LogP contribution in [0.5, 0.6) is 0 Å². The number of carbonyl (C=O) groups excluding carboxylic acids is 1. The number of nitrogens with one attached hydrogen (secondary N) is 1. The highest BCUT2D eigenvalue weighted by molar-refractivity contribution is 5.83. The third kappa shape index (κ3) is 1.65. The first-order chi connectivity index (χ1) is 6.08. The second-order valence-corrected chi connectivity index (χ2v) is 3.70. The molecule has 5 heteroatoms. The van der Waals surface area contributed by atoms with Crippen LogP contribution in [0.4, 0.5) is 8.78 Å². The van der Waals surface area contributed by atoms with E-state index >= 15 is 0 Å². The quantitative estimate of drug-likeness (QED) is 0.641. The summed E-state index contributed by atoms with van der Waals surface area (Å²) < 4.78 is 24.8. The molecule has 0 unspecified atom stereocenters. The molecule has 2 heterocycles. The third-order valence-corrected chi connectivity index (χ3v) is 2.51. The zero-order valence-electron chi connectivity index (χ0n) is 7.22. The minimum Gasteiger partial charge on any atom is -0.329 e. The SMILES string of the molecule is O=C([C@@H]1CCCN1)N1CC(F)(F)C1. The van der Waals surface area contributed by atoms with Crippen molar-refractivity contribution in [1.82, 2.24) is 10.2 Å². The molecule has 0 saturated carbocycles. The number of rotatable bonds is 1. The van der Waals surface area contributed by atoms with Gasteiger partial charge >= 0.3 is 0 Å². The molecule has 2 saturated heterocycles. The minimum absolute atomic E-state index is 0.163. The molecular formula is C8H12F2N2O. The number of alkyl halides is 2. The van der Waals surface area contributed by atoms with Crippen molar-refractivity contribution in [2.75, 3.05) is 19.6 Å². The number of hydrogen-bond donors (Lipinski definition) is 1. The Morgan fingerprint density at radius 2 is 2.15 bits per heavy atom. The van der Waals surface area contributed by atoms with Crippen molar-refractivity contribution in [3.8, 4) is 0 Å². The highest BCUT2D eigenvalue weighted by Gasteiger charge is 2.47. The number of amides is 1. The molecule has 0 aromatic rings. The zero-order chi connectivity index (χ0) is 9.47. The number of likely N-dealkylation sites (tertiary alicyclic amines) is 1. The number of hydrogen-bond acceptors (Lipinski definition) is 2. The van der Waals surface area contributed by atoms with E-state index in [0.717, 1.165) is 19.4 Å². The van der Waals surface area contributed by atoms with Crippen molar-refractivity contribution in [1.29, 1.82) is 0 Å². The number of carbonyl (C=O) groups is 1. The Kier molecular flexibility index (Phi) is 1.98. The van der Waals surface area contributed by atoms with Gasteiger partial charge in [0, 0.05) is 0 Å². The van der Waals surface area contributed by atoms with Gasteiger partial charge in [0.1, 0.15) is 0 Å². The Labute approximate surface area is 75.1 Å². The molecule has 0 aromatic carbocycles. The average molecular weight is 190 g/mol. The van der Waals surface area contributed by atoms with Gasteiger partial charge in [-0.3, -0.25) is 4.79 Å². The van der Waals surface area contributed by atoms with Crippen LogP contribution in [0.1, 0.15) is 12.8 Å². The molecule has 0 bridgehead atoms. The standard InChI is InChI=1S/C8H12F2N2O/c9-8(10)4-12(5-8)7(13)6-2-1-3-11-6/h6,11H,1-5H2/t6-/m0/s1. The van der Waals surface area contributed by atoms with E-state index in [9.17, 15) is 13.6 Å². The molecular weight excluding hydrogens is 178 g/mol. The van der Waals surface area contributed by atoms with Gasteiger partial charge in [-0.1, -0.05) is 0 Å². The minimum atomic E-state index is -2.64. The summed E-state index contributed by atoms with van der Waals surface area (Å²) in [7, 11) is 0. The molecule has 0 radical (unpaired) electrons. The first-order valence-corrected chi connectivity index (χ1v) is 4.48. The van der Waals surface area contributed by atoms with Gasteiger partial charge in [-0.2, -0.15) is 0 Å². The van der Waals surface area contributed by atoms with Crippen molar-refractivity contribution in [3.05, 3.63) is 0 Å². The highest BCUT2D eigenvalue weighted by Crippen LogP contribution is 2.27. The molecule has 3 nitrogen and oxygen atoms in total. The molecule has 2 rings (SSSR count). The summed E-state index contributed by atoms with van der Waals surface area (Å²) in [4.78, 5) is 12.7. The van der Waals surface area contributed by atoms with Crippen molar-refractivity contribution in [3.63, 3.8) is 0 Å². The predicted molar refractivity (Wildman–Crippen MR) is 42.6 cm³/mol. The van der Waals surface area contributed by atoms with E-state index in [0.29, 0.717) is 0 Å². The molecule has 1 atom stereocenters. The fraction of sp³-hybridized carbons (Fsp3) is 0.875. The highest BCUT2D eigenvalue weighted by atomic mass is 19.3. The van der Waals surface area contributed by atoms with E-state index in [2.05, 4.69) is 5.32 Å². The van der Waals surface area contributed by atoms with E-state index in [-0.39, 0.29) is 11.9 Å². The van der Waals surface area contributed by atoms with Crippen LogP contribution in [0, 0.1) is 0 Å². The zero-order valence-corrected chi connectivity index (χ0v) is 7.22. The Morgan fingerprint density at radius 3 is 2.62 bits per heavy atom. The summed E-state index contributed by atoms with van der Waals surface area (Å²) in [5.74, 6) is -2.81. The Hall–Kier alpha value is -0.710. The van der Waals surface area contributed by atoms with Gasteiger partial charge in [0.05, 0.1) is 19.1 Å². The molecule has 13 heavy (non-hydrogen) atoms. The van der Waals surface area contributed by atoms with Gasteiger partial charge in [-0.15, -0.1) is 0 Å². The van der Waals surface area contributed by atoms with Gasteiger partial charge in [0.2, 0.25) is 5.91 Å². The number of halogens is 2. The first kappa shape index (κ1) is 8.87. The van der Waals surface area contributed by atoms with Crippen LogP contribution in [0.25, 0.3) is 0 Å². The maximum atomic E-state index is 12.4. The van der Waals surface area contributed by atoms with E-state index in [1.807, 2.05) is 0 Å². The molecule has 0 spiro atoms. The lowest BCUT2D eigenvalue weighted by atomic mass is 10.1. The molecule has 1 amide bonds. The summed E-state index contributed by atoms with van der Waals surface area (Å²) in [5.41, 5.74) is 0. The van der Waals surface area contributed by atoms with E-state index in [1.54, 1.807) is 0 Å². The molecule has 0 aromatic heterocycles. The van der Waals surface area contributed by atoms with E-state index < -0.39 is 19.0 Å². The van der Waals surface area contributed by atoms with Crippen LogP contribution in [-0.2, 0) is 4.79 Å². The summed E-state index contributed by atoms with van der Waals surface area (Å²) in [6.45, 7) is 0.0225. The summed E-state index contributed by atoms with van der Waals surface area (Å²) in [6.07, 6.45) is 1.74. The van der Waals surface area contributed by atoms with E-state index in [1.165, 1.54) is 4.90 Å². The van der Waals surface area contributed by atoms with Crippen molar-refractivity contribution in [2.45, 2.75) is 24.8 Å². The molecule has 0 aliphatic carbocycles.